The molecule has 9 heteroatoms. The molecule has 168 valence electrons. The fourth-order valence-electron chi connectivity index (χ4n) is 2.69. The fraction of sp³-hybridized carbons (Fsp3) is 0.217. The van der Waals surface area contributed by atoms with Gasteiger partial charge in [-0.2, -0.15) is 0 Å². The molecule has 2 aromatic carbocycles. The van der Waals surface area contributed by atoms with Crippen LogP contribution in [0.2, 0.25) is 5.02 Å². The molecule has 0 saturated carbocycles. The van der Waals surface area contributed by atoms with Crippen LogP contribution in [-0.4, -0.2) is 25.5 Å². The summed E-state index contributed by atoms with van der Waals surface area (Å²) < 4.78 is 21.9. The van der Waals surface area contributed by atoms with Gasteiger partial charge in [0.1, 0.15) is 18.1 Å². The molecular formula is C23H23ClN2O6. The number of carbonyl (C=O) groups excluding carboxylic acids is 2. The van der Waals surface area contributed by atoms with Gasteiger partial charge in [-0.05, 0) is 42.8 Å². The summed E-state index contributed by atoms with van der Waals surface area (Å²) in [5.74, 6) is 0.641. The molecule has 0 aliphatic carbocycles. The third-order valence-corrected chi connectivity index (χ3v) is 4.52. The molecule has 1 aromatic heterocycles. The van der Waals surface area contributed by atoms with Gasteiger partial charge in [-0.15, -0.1) is 0 Å². The lowest BCUT2D eigenvalue weighted by Crippen LogP contribution is -2.41. The monoisotopic (exact) mass is 458 g/mol. The van der Waals surface area contributed by atoms with Gasteiger partial charge in [0.25, 0.3) is 5.91 Å². The molecule has 32 heavy (non-hydrogen) atoms. The second kappa shape index (κ2) is 11.1. The zero-order valence-electron chi connectivity index (χ0n) is 17.6. The Kier molecular flexibility index (Phi) is 7.99. The van der Waals surface area contributed by atoms with Gasteiger partial charge in [0.2, 0.25) is 0 Å². The summed E-state index contributed by atoms with van der Waals surface area (Å²) in [5, 5.41) is 0.225. The maximum absolute atomic E-state index is 12.5. The molecule has 8 nitrogen and oxygen atoms in total. The summed E-state index contributed by atoms with van der Waals surface area (Å²) in [5.41, 5.74) is 4.81. The van der Waals surface area contributed by atoms with Crippen LogP contribution in [0.25, 0.3) is 0 Å². The number of furan rings is 1. The van der Waals surface area contributed by atoms with Crippen LogP contribution in [0.5, 0.6) is 17.2 Å². The Bertz CT molecular complexity index is 1070. The van der Waals surface area contributed by atoms with Crippen LogP contribution < -0.4 is 25.1 Å². The van der Waals surface area contributed by atoms with Crippen molar-refractivity contribution in [3.63, 3.8) is 0 Å². The molecule has 0 atom stereocenters. The van der Waals surface area contributed by atoms with E-state index in [1.165, 1.54) is 25.3 Å². The van der Waals surface area contributed by atoms with Gasteiger partial charge < -0.3 is 18.6 Å². The number of benzene rings is 2. The first-order valence-corrected chi connectivity index (χ1v) is 10.3. The Morgan fingerprint density at radius 2 is 1.75 bits per heavy atom. The van der Waals surface area contributed by atoms with Crippen molar-refractivity contribution in [1.29, 1.82) is 0 Å². The molecular weight excluding hydrogens is 436 g/mol. The molecule has 0 fully saturated rings. The molecule has 3 aromatic rings. The average Bonchev–Trinajstić information content (AvgIpc) is 3.29. The number of ether oxygens (including phenoxy) is 3. The van der Waals surface area contributed by atoms with Crippen molar-refractivity contribution in [2.24, 2.45) is 0 Å². The van der Waals surface area contributed by atoms with E-state index >= 15 is 0 Å². The molecule has 0 radical (unpaired) electrons. The lowest BCUT2D eigenvalue weighted by Gasteiger charge is -2.14. The zero-order chi connectivity index (χ0) is 22.9. The highest BCUT2D eigenvalue weighted by Crippen LogP contribution is 2.36. The van der Waals surface area contributed by atoms with Crippen molar-refractivity contribution >= 4 is 23.4 Å². The summed E-state index contributed by atoms with van der Waals surface area (Å²) in [6.07, 6.45) is 0.792. The van der Waals surface area contributed by atoms with Crippen LogP contribution >= 0.6 is 11.6 Å². The standard InChI is InChI=1S/C23H23ClN2O6/c1-3-11-30-21-18(24)12-15(13-20(21)29-2)22(27)25-26-23(28)19-10-9-17(32-19)14-31-16-7-5-4-6-8-16/h4-10,12-13H,3,11,14H2,1-2H3,(H,25,27)(H,26,28). The van der Waals surface area contributed by atoms with E-state index in [0.717, 1.165) is 6.42 Å². The average molecular weight is 459 g/mol. The summed E-state index contributed by atoms with van der Waals surface area (Å²) in [7, 11) is 1.45. The second-order valence-electron chi connectivity index (χ2n) is 6.61. The normalized spacial score (nSPS) is 10.3. The van der Waals surface area contributed by atoms with Gasteiger partial charge in [-0.1, -0.05) is 36.7 Å². The summed E-state index contributed by atoms with van der Waals surface area (Å²) in [6, 6.07) is 15.2. The quantitative estimate of drug-likeness (QED) is 0.461. The van der Waals surface area contributed by atoms with Crippen LogP contribution in [-0.2, 0) is 6.61 Å². The maximum atomic E-state index is 12.5. The second-order valence-corrected chi connectivity index (χ2v) is 7.02. The van der Waals surface area contributed by atoms with Crippen LogP contribution in [0.1, 0.15) is 40.0 Å². The highest BCUT2D eigenvalue weighted by Gasteiger charge is 2.17. The number of amides is 2. The topological polar surface area (TPSA) is 99.0 Å². The summed E-state index contributed by atoms with van der Waals surface area (Å²) in [6.45, 7) is 2.58. The molecule has 0 aliphatic rings. The summed E-state index contributed by atoms with van der Waals surface area (Å²) in [4.78, 5) is 24.8. The van der Waals surface area contributed by atoms with Gasteiger partial charge in [-0.3, -0.25) is 20.4 Å². The minimum absolute atomic E-state index is 0.0240. The predicted molar refractivity (Wildman–Crippen MR) is 118 cm³/mol. The van der Waals surface area contributed by atoms with Crippen LogP contribution in [0.3, 0.4) is 0 Å². The number of carbonyl (C=O) groups is 2. The molecule has 0 saturated heterocycles. The number of nitrogens with one attached hydrogen (secondary N) is 2. The Morgan fingerprint density at radius 3 is 2.47 bits per heavy atom. The number of methoxy groups -OCH3 is 1. The number of hydrogen-bond acceptors (Lipinski definition) is 6. The smallest absolute Gasteiger partial charge is 0.305 e. The van der Waals surface area contributed by atoms with Crippen LogP contribution in [0, 0.1) is 0 Å². The molecule has 0 unspecified atom stereocenters. The van der Waals surface area contributed by atoms with E-state index in [-0.39, 0.29) is 23.0 Å². The minimum atomic E-state index is -0.620. The van der Waals surface area contributed by atoms with Crippen molar-refractivity contribution in [2.75, 3.05) is 13.7 Å². The van der Waals surface area contributed by atoms with Crippen molar-refractivity contribution in [3.05, 3.63) is 76.7 Å². The number of hydrazine groups is 1. The molecule has 0 spiro atoms. The van der Waals surface area contributed by atoms with Crippen LogP contribution in [0.4, 0.5) is 0 Å². The van der Waals surface area contributed by atoms with Gasteiger partial charge >= 0.3 is 5.91 Å². The van der Waals surface area contributed by atoms with E-state index in [2.05, 4.69) is 10.9 Å². The molecule has 1 heterocycles. The molecule has 2 amide bonds. The molecule has 3 rings (SSSR count). The van der Waals surface area contributed by atoms with Crippen molar-refractivity contribution in [1.82, 2.24) is 10.9 Å². The van der Waals surface area contributed by atoms with E-state index in [1.807, 2.05) is 37.3 Å². The lowest BCUT2D eigenvalue weighted by molar-refractivity contribution is 0.0828. The van der Waals surface area contributed by atoms with E-state index < -0.39 is 11.8 Å². The highest BCUT2D eigenvalue weighted by molar-refractivity contribution is 6.32. The van der Waals surface area contributed by atoms with Gasteiger partial charge in [0, 0.05) is 5.56 Å². The summed E-state index contributed by atoms with van der Waals surface area (Å²) >= 11 is 6.23. The predicted octanol–water partition coefficient (Wildman–Crippen LogP) is 4.38. The molecule has 0 aliphatic heterocycles. The van der Waals surface area contributed by atoms with Crippen molar-refractivity contribution in [3.8, 4) is 17.2 Å². The largest absolute Gasteiger partial charge is 0.493 e. The Balaban J connectivity index is 1.57. The van der Waals surface area contributed by atoms with E-state index in [4.69, 9.17) is 30.2 Å². The molecule has 2 N–H and O–H groups in total. The van der Waals surface area contributed by atoms with E-state index in [1.54, 1.807) is 6.07 Å². The Hall–Kier alpha value is -3.65. The van der Waals surface area contributed by atoms with E-state index in [9.17, 15) is 9.59 Å². The number of hydrogen-bond donors (Lipinski definition) is 2. The number of halogens is 1. The third-order valence-electron chi connectivity index (χ3n) is 4.24. The zero-order valence-corrected chi connectivity index (χ0v) is 18.4. The van der Waals surface area contributed by atoms with Crippen molar-refractivity contribution < 1.29 is 28.2 Å². The van der Waals surface area contributed by atoms with Gasteiger partial charge in [-0.25, -0.2) is 0 Å². The minimum Gasteiger partial charge on any atom is -0.493 e. The maximum Gasteiger partial charge on any atom is 0.305 e. The van der Waals surface area contributed by atoms with Gasteiger partial charge in [0.05, 0.1) is 18.7 Å². The number of rotatable bonds is 9. The first kappa shape index (κ1) is 23.0. The number of para-hydroxylation sites is 1. The Labute approximate surface area is 190 Å². The van der Waals surface area contributed by atoms with Gasteiger partial charge in [0.15, 0.2) is 17.3 Å². The highest BCUT2D eigenvalue weighted by atomic mass is 35.5. The Morgan fingerprint density at radius 1 is 1.00 bits per heavy atom. The van der Waals surface area contributed by atoms with Crippen molar-refractivity contribution in [2.45, 2.75) is 20.0 Å². The first-order chi connectivity index (χ1) is 15.5. The molecule has 0 bridgehead atoms. The SMILES string of the molecule is CCCOc1c(Cl)cc(C(=O)NNC(=O)c2ccc(COc3ccccc3)o2)cc1OC. The first-order valence-electron chi connectivity index (χ1n) is 9.89. The lowest BCUT2D eigenvalue weighted by atomic mass is 10.2. The van der Waals surface area contributed by atoms with E-state index in [0.29, 0.717) is 29.6 Å². The van der Waals surface area contributed by atoms with Crippen LogP contribution in [0.15, 0.2) is 59.0 Å². The third kappa shape index (κ3) is 5.95. The fourth-order valence-corrected chi connectivity index (χ4v) is 2.96.